The fourth-order valence-corrected chi connectivity index (χ4v) is 2.77. The highest BCUT2D eigenvalue weighted by atomic mass is 35.5. The minimum atomic E-state index is 0.0188. The van der Waals surface area contributed by atoms with Crippen molar-refractivity contribution in [2.45, 2.75) is 32.8 Å². The van der Waals surface area contributed by atoms with Gasteiger partial charge in [0.1, 0.15) is 12.2 Å². The molecule has 26 heavy (non-hydrogen) atoms. The Labute approximate surface area is 163 Å². The first kappa shape index (κ1) is 20.0. The highest BCUT2D eigenvalue weighted by Gasteiger charge is 2.15. The summed E-state index contributed by atoms with van der Waals surface area (Å²) in [5.74, 6) is 0.865. The first-order valence-corrected chi connectivity index (χ1v) is 8.92. The van der Waals surface area contributed by atoms with Crippen molar-refractivity contribution >= 4 is 34.9 Å². The molecule has 2 rings (SSSR count). The Morgan fingerprint density at radius 2 is 1.88 bits per heavy atom. The van der Waals surface area contributed by atoms with E-state index in [1.807, 2.05) is 13.8 Å². The van der Waals surface area contributed by atoms with Crippen molar-refractivity contribution in [1.82, 2.24) is 9.97 Å². The van der Waals surface area contributed by atoms with Crippen LogP contribution in [0.15, 0.2) is 24.5 Å². The minimum Gasteiger partial charge on any atom is -0.491 e. The molecule has 0 atom stereocenters. The van der Waals surface area contributed by atoms with Gasteiger partial charge in [0.25, 0.3) is 5.88 Å². The van der Waals surface area contributed by atoms with Gasteiger partial charge >= 0.3 is 0 Å². The lowest BCUT2D eigenvalue weighted by atomic mass is 10.1. The van der Waals surface area contributed by atoms with Gasteiger partial charge in [-0.2, -0.15) is 5.26 Å². The number of allylic oxidation sites excluding steroid dienone is 1. The molecule has 2 heterocycles. The summed E-state index contributed by atoms with van der Waals surface area (Å²) in [6.45, 7) is 4.08. The van der Waals surface area contributed by atoms with E-state index < -0.39 is 0 Å². The lowest BCUT2D eigenvalue weighted by Crippen LogP contribution is -2.15. The molecule has 0 radical (unpaired) electrons. The van der Waals surface area contributed by atoms with Gasteiger partial charge in [-0.05, 0) is 31.1 Å². The fourth-order valence-electron chi connectivity index (χ4n) is 2.30. The van der Waals surface area contributed by atoms with Gasteiger partial charge in [-0.1, -0.05) is 37.0 Å². The molecule has 2 aromatic rings. The first-order valence-electron chi connectivity index (χ1n) is 8.16. The third-order valence-electron chi connectivity index (χ3n) is 3.81. The third-order valence-corrected chi connectivity index (χ3v) is 4.41. The molecule has 0 saturated carbocycles. The zero-order chi connectivity index (χ0) is 19.1. The molecule has 0 aliphatic rings. The number of nitrogens with zero attached hydrogens (tertiary/aromatic N) is 3. The smallest absolute Gasteiger partial charge is 0.257 e. The zero-order valence-corrected chi connectivity index (χ0v) is 16.3. The van der Waals surface area contributed by atoms with Crippen LogP contribution in [0.4, 0.5) is 0 Å². The summed E-state index contributed by atoms with van der Waals surface area (Å²) >= 11 is 12.3. The van der Waals surface area contributed by atoms with Gasteiger partial charge in [0.2, 0.25) is 0 Å². The predicted octanol–water partition coefficient (Wildman–Crippen LogP) is 5.42. The topological polar surface area (TPSA) is 68.0 Å². The molecule has 0 saturated heterocycles. The molecule has 0 aromatic carbocycles. The van der Waals surface area contributed by atoms with Crippen LogP contribution in [0.3, 0.4) is 0 Å². The third kappa shape index (κ3) is 4.66. The van der Waals surface area contributed by atoms with Crippen LogP contribution in [-0.2, 0) is 0 Å². The minimum absolute atomic E-state index is 0.0188. The maximum Gasteiger partial charge on any atom is 0.257 e. The van der Waals surface area contributed by atoms with Crippen LogP contribution in [0.1, 0.15) is 37.9 Å². The molecule has 2 aromatic heterocycles. The standard InChI is InChI=1S/C19H19Cl2N3O2/c1-4-13(5-2)26-19-18(25-3)7-6-17(24-19)12(9-22)8-14-15(20)10-23-11-16(14)21/h6-8,10-11,13H,4-5H2,1-3H3/b12-8+. The van der Waals surface area contributed by atoms with Gasteiger partial charge in [0, 0.05) is 18.0 Å². The Kier molecular flexibility index (Phi) is 7.26. The van der Waals surface area contributed by atoms with Crippen molar-refractivity contribution in [3.8, 4) is 17.7 Å². The Balaban J connectivity index is 2.48. The van der Waals surface area contributed by atoms with Crippen molar-refractivity contribution in [2.24, 2.45) is 0 Å². The Morgan fingerprint density at radius 1 is 1.23 bits per heavy atom. The molecule has 136 valence electrons. The summed E-state index contributed by atoms with van der Waals surface area (Å²) < 4.78 is 11.3. The zero-order valence-electron chi connectivity index (χ0n) is 14.8. The van der Waals surface area contributed by atoms with E-state index in [2.05, 4.69) is 16.0 Å². The number of ether oxygens (including phenoxy) is 2. The van der Waals surface area contributed by atoms with Gasteiger partial charge < -0.3 is 9.47 Å². The van der Waals surface area contributed by atoms with Crippen molar-refractivity contribution in [1.29, 1.82) is 5.26 Å². The number of pyridine rings is 2. The average Bonchev–Trinajstić information content (AvgIpc) is 2.66. The summed E-state index contributed by atoms with van der Waals surface area (Å²) in [6, 6.07) is 5.55. The SMILES string of the molecule is CCC(CC)Oc1nc(/C(C#N)=C/c2c(Cl)cncc2Cl)ccc1OC. The van der Waals surface area contributed by atoms with Gasteiger partial charge in [0.05, 0.1) is 28.4 Å². The Morgan fingerprint density at radius 3 is 2.42 bits per heavy atom. The number of aromatic nitrogens is 2. The van der Waals surface area contributed by atoms with E-state index in [1.165, 1.54) is 12.4 Å². The molecule has 0 amide bonds. The second-order valence-electron chi connectivity index (χ2n) is 5.45. The van der Waals surface area contributed by atoms with E-state index in [0.29, 0.717) is 38.5 Å². The van der Waals surface area contributed by atoms with E-state index in [0.717, 1.165) is 12.8 Å². The van der Waals surface area contributed by atoms with Gasteiger partial charge in [-0.3, -0.25) is 4.98 Å². The lowest BCUT2D eigenvalue weighted by molar-refractivity contribution is 0.176. The first-order chi connectivity index (χ1) is 12.5. The molecule has 0 N–H and O–H groups in total. The number of halogens is 2. The van der Waals surface area contributed by atoms with Crippen LogP contribution in [0.5, 0.6) is 11.6 Å². The number of methoxy groups -OCH3 is 1. The number of rotatable bonds is 7. The molecular formula is C19H19Cl2N3O2. The van der Waals surface area contributed by atoms with E-state index in [9.17, 15) is 5.26 Å². The maximum atomic E-state index is 9.58. The summed E-state index contributed by atoms with van der Waals surface area (Å²) in [7, 11) is 1.55. The van der Waals surface area contributed by atoms with Crippen LogP contribution in [-0.4, -0.2) is 23.2 Å². The highest BCUT2D eigenvalue weighted by Crippen LogP contribution is 2.31. The monoisotopic (exact) mass is 391 g/mol. The predicted molar refractivity (Wildman–Crippen MR) is 104 cm³/mol. The molecule has 0 aliphatic carbocycles. The van der Waals surface area contributed by atoms with E-state index in [4.69, 9.17) is 32.7 Å². The number of hydrogen-bond acceptors (Lipinski definition) is 5. The van der Waals surface area contributed by atoms with E-state index in [1.54, 1.807) is 25.3 Å². The van der Waals surface area contributed by atoms with E-state index >= 15 is 0 Å². The van der Waals surface area contributed by atoms with Crippen LogP contribution >= 0.6 is 23.2 Å². The summed E-state index contributed by atoms with van der Waals surface area (Å²) in [5.41, 5.74) is 1.26. The Bertz CT molecular complexity index is 823. The van der Waals surface area contributed by atoms with Crippen molar-refractivity contribution < 1.29 is 9.47 Å². The van der Waals surface area contributed by atoms with Gasteiger partial charge in [0.15, 0.2) is 5.75 Å². The molecule has 0 aliphatic heterocycles. The summed E-state index contributed by atoms with van der Waals surface area (Å²) in [5, 5.41) is 10.3. The normalized spacial score (nSPS) is 11.3. The molecule has 5 nitrogen and oxygen atoms in total. The van der Waals surface area contributed by atoms with Crippen LogP contribution in [0.25, 0.3) is 11.6 Å². The van der Waals surface area contributed by atoms with Crippen LogP contribution in [0, 0.1) is 11.3 Å². The summed E-state index contributed by atoms with van der Waals surface area (Å²) in [4.78, 5) is 8.38. The van der Waals surface area contributed by atoms with Crippen LogP contribution < -0.4 is 9.47 Å². The maximum absolute atomic E-state index is 9.58. The van der Waals surface area contributed by atoms with Crippen LogP contribution in [0.2, 0.25) is 10.0 Å². The molecule has 0 bridgehead atoms. The van der Waals surface area contributed by atoms with Crippen molar-refractivity contribution in [3.63, 3.8) is 0 Å². The molecular weight excluding hydrogens is 373 g/mol. The largest absolute Gasteiger partial charge is 0.491 e. The van der Waals surface area contributed by atoms with Gasteiger partial charge in [-0.25, -0.2) is 4.98 Å². The highest BCUT2D eigenvalue weighted by molar-refractivity contribution is 6.37. The molecule has 7 heteroatoms. The molecule has 0 fully saturated rings. The second kappa shape index (κ2) is 9.42. The average molecular weight is 392 g/mol. The second-order valence-corrected chi connectivity index (χ2v) is 6.26. The number of hydrogen-bond donors (Lipinski definition) is 0. The van der Waals surface area contributed by atoms with E-state index in [-0.39, 0.29) is 6.10 Å². The molecule has 0 unspecified atom stereocenters. The summed E-state index contributed by atoms with van der Waals surface area (Å²) in [6.07, 6.45) is 6.23. The lowest BCUT2D eigenvalue weighted by Gasteiger charge is -2.17. The molecule has 0 spiro atoms. The van der Waals surface area contributed by atoms with Crippen molar-refractivity contribution in [3.05, 3.63) is 45.8 Å². The fraction of sp³-hybridized carbons (Fsp3) is 0.316. The van der Waals surface area contributed by atoms with Gasteiger partial charge in [-0.15, -0.1) is 0 Å². The Hall–Kier alpha value is -2.29. The quantitative estimate of drug-likeness (QED) is 0.589. The van der Waals surface area contributed by atoms with Crippen molar-refractivity contribution in [2.75, 3.05) is 7.11 Å². The number of nitriles is 1.